The largest absolute Gasteiger partial charge is 0.484 e. The van der Waals surface area contributed by atoms with Gasteiger partial charge in [0.2, 0.25) is 0 Å². The number of nitrogens with one attached hydrogen (secondary N) is 1. The summed E-state index contributed by atoms with van der Waals surface area (Å²) >= 11 is 0. The Morgan fingerprint density at radius 1 is 1.35 bits per heavy atom. The Balaban J connectivity index is 2.63. The van der Waals surface area contributed by atoms with Gasteiger partial charge in [0.1, 0.15) is 5.75 Å². The van der Waals surface area contributed by atoms with Crippen molar-refractivity contribution >= 4 is 5.91 Å². The predicted molar refractivity (Wildman–Crippen MR) is 69.2 cm³/mol. The summed E-state index contributed by atoms with van der Waals surface area (Å²) in [4.78, 5) is 11.1. The highest BCUT2D eigenvalue weighted by atomic mass is 16.5. The molecule has 0 aliphatic carbocycles. The van der Waals surface area contributed by atoms with E-state index in [9.17, 15) is 4.79 Å². The average molecular weight is 235 g/mol. The fourth-order valence-corrected chi connectivity index (χ4v) is 1.58. The van der Waals surface area contributed by atoms with E-state index in [0.717, 1.165) is 12.2 Å². The van der Waals surface area contributed by atoms with Crippen LogP contribution in [0.3, 0.4) is 0 Å². The molecule has 0 aliphatic rings. The Morgan fingerprint density at radius 2 is 2.06 bits per heavy atom. The second-order valence-electron chi connectivity index (χ2n) is 5.35. The second-order valence-corrected chi connectivity index (χ2v) is 5.35. The van der Waals surface area contributed by atoms with Crippen LogP contribution in [0, 0.1) is 5.41 Å². The van der Waals surface area contributed by atoms with E-state index in [-0.39, 0.29) is 17.9 Å². The monoisotopic (exact) mass is 235 g/mol. The van der Waals surface area contributed by atoms with Crippen LogP contribution in [0.25, 0.3) is 0 Å². The van der Waals surface area contributed by atoms with Gasteiger partial charge in [-0.1, -0.05) is 32.9 Å². The van der Waals surface area contributed by atoms with Crippen LogP contribution in [-0.2, 0) is 11.2 Å². The zero-order valence-electron chi connectivity index (χ0n) is 11.0. The first-order chi connectivity index (χ1) is 7.90. The van der Waals surface area contributed by atoms with E-state index < -0.39 is 0 Å². The summed E-state index contributed by atoms with van der Waals surface area (Å²) < 4.78 is 5.40. The minimum atomic E-state index is -0.119. The van der Waals surface area contributed by atoms with Crippen LogP contribution in [0.2, 0.25) is 0 Å². The third-order valence-corrected chi connectivity index (χ3v) is 2.28. The second kappa shape index (κ2) is 5.71. The van der Waals surface area contributed by atoms with Crippen LogP contribution >= 0.6 is 0 Å². The number of hydrogen-bond acceptors (Lipinski definition) is 2. The maximum atomic E-state index is 11.1. The first kappa shape index (κ1) is 13.6. The molecule has 1 aromatic rings. The van der Waals surface area contributed by atoms with Gasteiger partial charge in [0.05, 0.1) is 0 Å². The van der Waals surface area contributed by atoms with E-state index in [0.29, 0.717) is 0 Å². The summed E-state index contributed by atoms with van der Waals surface area (Å²) in [5, 5.41) is 2.52. The highest BCUT2D eigenvalue weighted by molar-refractivity contribution is 5.77. The van der Waals surface area contributed by atoms with Crippen LogP contribution in [0.15, 0.2) is 24.3 Å². The van der Waals surface area contributed by atoms with Crippen molar-refractivity contribution in [1.29, 1.82) is 0 Å². The molecular weight excluding hydrogens is 214 g/mol. The molecule has 1 rings (SSSR count). The standard InChI is InChI=1S/C14H21NO2/c1-14(2,3)9-11-6-5-7-12(8-11)17-10-13(16)15-4/h5-8H,9-10H2,1-4H3,(H,15,16). The van der Waals surface area contributed by atoms with Crippen molar-refractivity contribution < 1.29 is 9.53 Å². The van der Waals surface area contributed by atoms with E-state index >= 15 is 0 Å². The van der Waals surface area contributed by atoms with Crippen LogP contribution in [-0.4, -0.2) is 19.6 Å². The number of amides is 1. The molecule has 1 amide bonds. The molecule has 3 heteroatoms. The van der Waals surface area contributed by atoms with Crippen LogP contribution in [0.5, 0.6) is 5.75 Å². The van der Waals surface area contributed by atoms with Gasteiger partial charge in [-0.3, -0.25) is 4.79 Å². The molecule has 0 aliphatic heterocycles. The Bertz CT molecular complexity index is 380. The van der Waals surface area contributed by atoms with Crippen LogP contribution in [0.4, 0.5) is 0 Å². The third kappa shape index (κ3) is 5.38. The molecule has 0 saturated carbocycles. The first-order valence-corrected chi connectivity index (χ1v) is 5.83. The van der Waals surface area contributed by atoms with Gasteiger partial charge in [0.15, 0.2) is 6.61 Å². The molecule has 94 valence electrons. The summed E-state index contributed by atoms with van der Waals surface area (Å²) in [5.74, 6) is 0.626. The highest BCUT2D eigenvalue weighted by Crippen LogP contribution is 2.23. The molecule has 1 aromatic carbocycles. The van der Waals surface area contributed by atoms with Gasteiger partial charge in [-0.2, -0.15) is 0 Å². The SMILES string of the molecule is CNC(=O)COc1cccc(CC(C)(C)C)c1. The topological polar surface area (TPSA) is 38.3 Å². The summed E-state index contributed by atoms with van der Waals surface area (Å²) in [6.07, 6.45) is 0.990. The number of carbonyl (C=O) groups excluding carboxylic acids is 1. The number of ether oxygens (including phenoxy) is 1. The molecule has 0 heterocycles. The van der Waals surface area contributed by atoms with Crippen molar-refractivity contribution in [1.82, 2.24) is 5.32 Å². The average Bonchev–Trinajstić information content (AvgIpc) is 2.24. The van der Waals surface area contributed by atoms with Crippen molar-refractivity contribution in [3.8, 4) is 5.75 Å². The molecule has 0 bridgehead atoms. The Morgan fingerprint density at radius 3 is 2.65 bits per heavy atom. The van der Waals surface area contributed by atoms with Gasteiger partial charge in [0.25, 0.3) is 5.91 Å². The third-order valence-electron chi connectivity index (χ3n) is 2.28. The maximum absolute atomic E-state index is 11.1. The van der Waals surface area contributed by atoms with Crippen molar-refractivity contribution in [2.75, 3.05) is 13.7 Å². The van der Waals surface area contributed by atoms with E-state index in [4.69, 9.17) is 4.74 Å². The normalized spacial score (nSPS) is 11.1. The van der Waals surface area contributed by atoms with Gasteiger partial charge in [-0.15, -0.1) is 0 Å². The highest BCUT2D eigenvalue weighted by Gasteiger charge is 2.11. The fourth-order valence-electron chi connectivity index (χ4n) is 1.58. The lowest BCUT2D eigenvalue weighted by Gasteiger charge is -2.18. The van der Waals surface area contributed by atoms with Gasteiger partial charge < -0.3 is 10.1 Å². The Labute approximate surface area is 103 Å². The summed E-state index contributed by atoms with van der Waals surface area (Å²) in [6, 6.07) is 7.90. The van der Waals surface area contributed by atoms with E-state index in [1.165, 1.54) is 5.56 Å². The number of benzene rings is 1. The van der Waals surface area contributed by atoms with Crippen molar-refractivity contribution in [2.24, 2.45) is 5.41 Å². The van der Waals surface area contributed by atoms with Crippen LogP contribution in [0.1, 0.15) is 26.3 Å². The molecule has 0 saturated heterocycles. The molecule has 17 heavy (non-hydrogen) atoms. The zero-order valence-corrected chi connectivity index (χ0v) is 11.0. The quantitative estimate of drug-likeness (QED) is 0.870. The van der Waals surface area contributed by atoms with Crippen molar-refractivity contribution in [3.63, 3.8) is 0 Å². The molecule has 0 aromatic heterocycles. The van der Waals surface area contributed by atoms with E-state index in [2.05, 4.69) is 32.2 Å². The molecule has 0 atom stereocenters. The fraction of sp³-hybridized carbons (Fsp3) is 0.500. The van der Waals surface area contributed by atoms with Crippen LogP contribution < -0.4 is 10.1 Å². The molecule has 0 fully saturated rings. The maximum Gasteiger partial charge on any atom is 0.257 e. The lowest BCUT2D eigenvalue weighted by atomic mass is 9.88. The van der Waals surface area contributed by atoms with Crippen molar-refractivity contribution in [2.45, 2.75) is 27.2 Å². The molecule has 0 spiro atoms. The number of carbonyl (C=O) groups is 1. The lowest BCUT2D eigenvalue weighted by molar-refractivity contribution is -0.122. The predicted octanol–water partition coefficient (Wildman–Crippen LogP) is 2.40. The Hall–Kier alpha value is -1.51. The lowest BCUT2D eigenvalue weighted by Crippen LogP contribution is -2.24. The summed E-state index contributed by atoms with van der Waals surface area (Å²) in [5.41, 5.74) is 1.48. The number of likely N-dealkylation sites (N-methyl/N-ethyl adjacent to an activating group) is 1. The molecule has 3 nitrogen and oxygen atoms in total. The van der Waals surface area contributed by atoms with Gasteiger partial charge in [0, 0.05) is 7.05 Å². The van der Waals surface area contributed by atoms with E-state index in [1.807, 2.05) is 18.2 Å². The first-order valence-electron chi connectivity index (χ1n) is 5.83. The van der Waals surface area contributed by atoms with Gasteiger partial charge >= 0.3 is 0 Å². The molecular formula is C14H21NO2. The molecule has 0 radical (unpaired) electrons. The number of hydrogen-bond donors (Lipinski definition) is 1. The molecule has 1 N–H and O–H groups in total. The smallest absolute Gasteiger partial charge is 0.257 e. The van der Waals surface area contributed by atoms with E-state index in [1.54, 1.807) is 7.05 Å². The van der Waals surface area contributed by atoms with Gasteiger partial charge in [-0.25, -0.2) is 0 Å². The summed E-state index contributed by atoms with van der Waals surface area (Å²) in [7, 11) is 1.60. The zero-order chi connectivity index (χ0) is 12.9. The number of rotatable bonds is 4. The Kier molecular flexibility index (Phi) is 4.55. The summed E-state index contributed by atoms with van der Waals surface area (Å²) in [6.45, 7) is 6.66. The minimum Gasteiger partial charge on any atom is -0.484 e. The minimum absolute atomic E-state index is 0.0650. The molecule has 0 unspecified atom stereocenters. The van der Waals surface area contributed by atoms with Gasteiger partial charge in [-0.05, 0) is 29.5 Å². The van der Waals surface area contributed by atoms with Crippen molar-refractivity contribution in [3.05, 3.63) is 29.8 Å².